The monoisotopic (exact) mass is 341 g/mol. The van der Waals surface area contributed by atoms with Crippen molar-refractivity contribution < 1.29 is 9.50 Å². The van der Waals surface area contributed by atoms with Gasteiger partial charge in [-0.1, -0.05) is 43.2 Å². The number of rotatable bonds is 2. The molecule has 2 unspecified atom stereocenters. The number of hydrogen-bond donors (Lipinski definition) is 1. The molecule has 0 amide bonds. The molecule has 1 saturated carbocycles. The number of halogens is 1. The lowest BCUT2D eigenvalue weighted by Gasteiger charge is -2.43. The number of aliphatic hydroxyl groups is 1. The number of fused-ring (bicyclic) bond motifs is 3. The van der Waals surface area contributed by atoms with Gasteiger partial charge in [0.1, 0.15) is 5.82 Å². The van der Waals surface area contributed by atoms with Crippen LogP contribution >= 0.6 is 0 Å². The van der Waals surface area contributed by atoms with Crippen molar-refractivity contribution in [1.82, 2.24) is 4.90 Å². The molecule has 1 N–H and O–H groups in total. The predicted molar refractivity (Wildman–Crippen MR) is 97.3 cm³/mol. The summed E-state index contributed by atoms with van der Waals surface area (Å²) in [6.07, 6.45) is 8.01. The highest BCUT2D eigenvalue weighted by atomic mass is 19.1. The molecule has 4 aliphatic rings. The van der Waals surface area contributed by atoms with Crippen molar-refractivity contribution in [2.75, 3.05) is 19.6 Å². The van der Waals surface area contributed by atoms with Crippen LogP contribution in [0.1, 0.15) is 50.5 Å². The maximum Gasteiger partial charge on any atom is 0.153 e. The Labute approximate surface area is 150 Å². The van der Waals surface area contributed by atoms with Gasteiger partial charge in [-0.25, -0.2) is 4.39 Å². The lowest BCUT2D eigenvalue weighted by atomic mass is 9.73. The normalized spacial score (nSPS) is 31.8. The zero-order chi connectivity index (χ0) is 17.3. The fourth-order valence-corrected chi connectivity index (χ4v) is 4.97. The zero-order valence-corrected chi connectivity index (χ0v) is 14.9. The first-order valence-electron chi connectivity index (χ1n) is 9.88. The molecule has 1 aliphatic carbocycles. The maximum absolute atomic E-state index is 13.4. The molecule has 4 fully saturated rings. The van der Waals surface area contributed by atoms with Gasteiger partial charge in [0, 0.05) is 18.4 Å². The first kappa shape index (κ1) is 17.1. The van der Waals surface area contributed by atoms with Crippen molar-refractivity contribution in [1.29, 1.82) is 0 Å². The van der Waals surface area contributed by atoms with Crippen LogP contribution in [-0.2, 0) is 5.60 Å². The molecule has 0 aromatic heterocycles. The van der Waals surface area contributed by atoms with Crippen LogP contribution in [0.25, 0.3) is 0 Å². The van der Waals surface area contributed by atoms with E-state index in [4.69, 9.17) is 0 Å². The molecule has 2 nitrogen and oxygen atoms in total. The Kier molecular flexibility index (Phi) is 4.84. The van der Waals surface area contributed by atoms with Crippen LogP contribution in [0.5, 0.6) is 0 Å². The van der Waals surface area contributed by atoms with Gasteiger partial charge >= 0.3 is 0 Å². The van der Waals surface area contributed by atoms with Gasteiger partial charge in [-0.2, -0.15) is 0 Å². The Balaban J connectivity index is 1.63. The fourth-order valence-electron chi connectivity index (χ4n) is 4.97. The van der Waals surface area contributed by atoms with Crippen molar-refractivity contribution in [3.05, 3.63) is 35.6 Å². The van der Waals surface area contributed by atoms with E-state index in [9.17, 15) is 9.50 Å². The molecule has 0 radical (unpaired) electrons. The van der Waals surface area contributed by atoms with Crippen molar-refractivity contribution in [3.63, 3.8) is 0 Å². The van der Waals surface area contributed by atoms with Crippen molar-refractivity contribution in [2.24, 2.45) is 17.8 Å². The van der Waals surface area contributed by atoms with E-state index in [-0.39, 0.29) is 11.7 Å². The van der Waals surface area contributed by atoms with E-state index in [1.807, 2.05) is 0 Å². The van der Waals surface area contributed by atoms with Gasteiger partial charge in [-0.15, -0.1) is 0 Å². The molecule has 3 heteroatoms. The van der Waals surface area contributed by atoms with E-state index in [0.717, 1.165) is 37.8 Å². The smallest absolute Gasteiger partial charge is 0.153 e. The van der Waals surface area contributed by atoms with Gasteiger partial charge in [-0.3, -0.25) is 0 Å². The van der Waals surface area contributed by atoms with Gasteiger partial charge in [0.2, 0.25) is 0 Å². The predicted octanol–water partition coefficient (Wildman–Crippen LogP) is 3.94. The first-order chi connectivity index (χ1) is 12.1. The summed E-state index contributed by atoms with van der Waals surface area (Å²) in [5.41, 5.74) is -0.380. The van der Waals surface area contributed by atoms with Crippen molar-refractivity contribution in [2.45, 2.75) is 50.5 Å². The summed E-state index contributed by atoms with van der Waals surface area (Å²) in [6, 6.07) is 6.32. The molecule has 2 bridgehead atoms. The van der Waals surface area contributed by atoms with E-state index in [0.29, 0.717) is 11.8 Å². The maximum atomic E-state index is 13.4. The SMILES string of the molecule is OC(C#CC1CN2CCC1CC2)(c1ccc(F)cc1)C1CCCCC1. The molecular weight excluding hydrogens is 313 g/mol. The number of benzene rings is 1. The molecule has 0 spiro atoms. The Morgan fingerprint density at radius 3 is 2.28 bits per heavy atom. The molecule has 3 aliphatic heterocycles. The van der Waals surface area contributed by atoms with Gasteiger partial charge in [-0.05, 0) is 62.4 Å². The Morgan fingerprint density at radius 2 is 1.68 bits per heavy atom. The first-order valence-corrected chi connectivity index (χ1v) is 9.88. The summed E-state index contributed by atoms with van der Waals surface area (Å²) < 4.78 is 13.4. The molecule has 5 rings (SSSR count). The van der Waals surface area contributed by atoms with E-state index in [2.05, 4.69) is 16.7 Å². The molecule has 1 aromatic rings. The van der Waals surface area contributed by atoms with Crippen LogP contribution in [0.2, 0.25) is 0 Å². The average Bonchev–Trinajstić information content (AvgIpc) is 2.68. The van der Waals surface area contributed by atoms with Gasteiger partial charge in [0.15, 0.2) is 5.60 Å². The third kappa shape index (κ3) is 3.48. The van der Waals surface area contributed by atoms with Gasteiger partial charge < -0.3 is 10.0 Å². The van der Waals surface area contributed by atoms with E-state index >= 15 is 0 Å². The average molecular weight is 341 g/mol. The van der Waals surface area contributed by atoms with Gasteiger partial charge in [0.05, 0.1) is 0 Å². The summed E-state index contributed by atoms with van der Waals surface area (Å²) in [4.78, 5) is 2.50. The second-order valence-corrected chi connectivity index (χ2v) is 8.12. The molecule has 3 saturated heterocycles. The number of hydrogen-bond acceptors (Lipinski definition) is 2. The Bertz CT molecular complexity index is 647. The molecule has 134 valence electrons. The minimum Gasteiger partial charge on any atom is -0.373 e. The molecule has 25 heavy (non-hydrogen) atoms. The zero-order valence-electron chi connectivity index (χ0n) is 14.9. The number of piperidine rings is 3. The third-order valence-corrected chi connectivity index (χ3v) is 6.58. The van der Waals surface area contributed by atoms with Crippen LogP contribution in [0.4, 0.5) is 4.39 Å². The van der Waals surface area contributed by atoms with Crippen LogP contribution in [0.3, 0.4) is 0 Å². The summed E-state index contributed by atoms with van der Waals surface area (Å²) in [5.74, 6) is 7.73. The van der Waals surface area contributed by atoms with Crippen molar-refractivity contribution in [3.8, 4) is 11.8 Å². The lowest BCUT2D eigenvalue weighted by molar-refractivity contribution is 0.0151. The summed E-state index contributed by atoms with van der Waals surface area (Å²) in [5, 5.41) is 11.6. The second-order valence-electron chi connectivity index (χ2n) is 8.12. The largest absolute Gasteiger partial charge is 0.373 e. The molecule has 3 heterocycles. The van der Waals surface area contributed by atoms with E-state index in [1.54, 1.807) is 12.1 Å². The lowest BCUT2D eigenvalue weighted by Crippen LogP contribution is -2.47. The Hall–Kier alpha value is -1.37. The van der Waals surface area contributed by atoms with Crippen LogP contribution < -0.4 is 0 Å². The quantitative estimate of drug-likeness (QED) is 0.824. The minimum absolute atomic E-state index is 0.153. The third-order valence-electron chi connectivity index (χ3n) is 6.58. The standard InChI is InChI=1S/C22H28FNO/c23-21-8-6-20(7-9-21)22(25,19-4-2-1-3-5-19)13-10-18-16-24-14-11-17(18)12-15-24/h6-9,17-19,25H,1-5,11-12,14-16H2. The van der Waals surface area contributed by atoms with Crippen LogP contribution in [0.15, 0.2) is 24.3 Å². The van der Waals surface area contributed by atoms with E-state index < -0.39 is 5.60 Å². The summed E-state index contributed by atoms with van der Waals surface area (Å²) in [6.45, 7) is 3.45. The second kappa shape index (κ2) is 7.09. The summed E-state index contributed by atoms with van der Waals surface area (Å²) in [7, 11) is 0. The van der Waals surface area contributed by atoms with Crippen molar-refractivity contribution >= 4 is 0 Å². The van der Waals surface area contributed by atoms with E-state index in [1.165, 1.54) is 44.5 Å². The van der Waals surface area contributed by atoms with Gasteiger partial charge in [0.25, 0.3) is 0 Å². The highest BCUT2D eigenvalue weighted by Crippen LogP contribution is 2.40. The number of nitrogens with zero attached hydrogens (tertiary/aromatic N) is 1. The summed E-state index contributed by atoms with van der Waals surface area (Å²) >= 11 is 0. The minimum atomic E-state index is -1.14. The molecular formula is C22H28FNO. The fraction of sp³-hybridized carbons (Fsp3) is 0.636. The molecule has 1 aromatic carbocycles. The highest BCUT2D eigenvalue weighted by molar-refractivity contribution is 5.34. The van der Waals surface area contributed by atoms with Crippen LogP contribution in [-0.4, -0.2) is 29.6 Å². The van der Waals surface area contributed by atoms with Crippen LogP contribution in [0, 0.1) is 35.4 Å². The highest BCUT2D eigenvalue weighted by Gasteiger charge is 2.39. The Morgan fingerprint density at radius 1 is 1.00 bits per heavy atom. The topological polar surface area (TPSA) is 23.5 Å². The molecule has 2 atom stereocenters.